The van der Waals surface area contributed by atoms with Crippen molar-refractivity contribution in [2.45, 2.75) is 19.1 Å². The highest BCUT2D eigenvalue weighted by Gasteiger charge is 2.34. The largest absolute Gasteiger partial charge is 0.419 e. The fraction of sp³-hybridized carbons (Fsp3) is 0.263. The van der Waals surface area contributed by atoms with E-state index in [-0.39, 0.29) is 18.0 Å². The minimum Gasteiger partial charge on any atom is -0.341 e. The smallest absolute Gasteiger partial charge is 0.341 e. The zero-order valence-electron chi connectivity index (χ0n) is 14.1. The lowest BCUT2D eigenvalue weighted by molar-refractivity contribution is -0.140. The summed E-state index contributed by atoms with van der Waals surface area (Å²) in [6, 6.07) is 6.27. The number of pyridine rings is 1. The summed E-state index contributed by atoms with van der Waals surface area (Å²) in [6.07, 6.45) is -0.611. The van der Waals surface area contributed by atoms with E-state index in [1.807, 2.05) is 0 Å². The van der Waals surface area contributed by atoms with Gasteiger partial charge >= 0.3 is 6.18 Å². The van der Waals surface area contributed by atoms with Gasteiger partial charge in [0.25, 0.3) is 0 Å². The van der Waals surface area contributed by atoms with E-state index in [1.54, 1.807) is 27.8 Å². The van der Waals surface area contributed by atoms with Crippen LogP contribution in [0.15, 0.2) is 42.7 Å². The van der Waals surface area contributed by atoms with Crippen LogP contribution >= 0.6 is 0 Å². The maximum absolute atomic E-state index is 13.5. The molecular weight excluding hydrogens is 362 g/mol. The molecule has 0 bridgehead atoms. The predicted octanol–water partition coefficient (Wildman–Crippen LogP) is 4.09. The van der Waals surface area contributed by atoms with Crippen molar-refractivity contribution in [1.82, 2.24) is 14.5 Å². The van der Waals surface area contributed by atoms with E-state index in [4.69, 9.17) is 0 Å². The van der Waals surface area contributed by atoms with Gasteiger partial charge in [0, 0.05) is 31.0 Å². The first-order valence-electron chi connectivity index (χ1n) is 8.43. The number of alkyl halides is 3. The summed E-state index contributed by atoms with van der Waals surface area (Å²) < 4.78 is 54.2. The van der Waals surface area contributed by atoms with Gasteiger partial charge in [-0.2, -0.15) is 13.2 Å². The van der Waals surface area contributed by atoms with Crippen molar-refractivity contribution in [1.29, 1.82) is 0 Å². The van der Waals surface area contributed by atoms with Crippen molar-refractivity contribution in [3.63, 3.8) is 0 Å². The minimum atomic E-state index is -4.78. The molecule has 0 radical (unpaired) electrons. The van der Waals surface area contributed by atoms with Crippen molar-refractivity contribution >= 4 is 16.9 Å². The van der Waals surface area contributed by atoms with Crippen LogP contribution in [0.4, 0.5) is 17.6 Å². The van der Waals surface area contributed by atoms with E-state index in [1.165, 1.54) is 12.3 Å². The number of halogens is 4. The first-order valence-corrected chi connectivity index (χ1v) is 8.43. The summed E-state index contributed by atoms with van der Waals surface area (Å²) in [5, 5.41) is 0. The summed E-state index contributed by atoms with van der Waals surface area (Å²) in [6.45, 7) is 1.64. The number of hydrogen-bond donors (Lipinski definition) is 0. The summed E-state index contributed by atoms with van der Waals surface area (Å²) in [4.78, 5) is 18.2. The molecule has 0 spiro atoms. The second-order valence-electron chi connectivity index (χ2n) is 6.50. The average Bonchev–Trinajstić information content (AvgIpc) is 2.95. The Morgan fingerprint density at radius 1 is 1.11 bits per heavy atom. The monoisotopic (exact) mass is 377 g/mol. The van der Waals surface area contributed by atoms with Gasteiger partial charge in [-0.3, -0.25) is 9.78 Å². The third-order valence-electron chi connectivity index (χ3n) is 4.74. The zero-order chi connectivity index (χ0) is 19.2. The molecule has 1 aromatic carbocycles. The van der Waals surface area contributed by atoms with Gasteiger partial charge in [0.1, 0.15) is 12.4 Å². The van der Waals surface area contributed by atoms with Crippen LogP contribution in [0, 0.1) is 5.82 Å². The molecular formula is C19H15F4N3O. The van der Waals surface area contributed by atoms with Crippen LogP contribution in [-0.4, -0.2) is 33.4 Å². The SMILES string of the molecule is O=C(Cn1ccc2ncc(-c3ccc(F)c(C(F)(F)F)c3)cc21)N1CCC1. The molecule has 0 atom stereocenters. The maximum Gasteiger partial charge on any atom is 0.419 e. The number of carbonyl (C=O) groups excluding carboxylic acids is 1. The Bertz CT molecular complexity index is 1020. The van der Waals surface area contributed by atoms with E-state index in [0.29, 0.717) is 16.6 Å². The van der Waals surface area contributed by atoms with Crippen molar-refractivity contribution in [2.24, 2.45) is 0 Å². The molecule has 140 valence electrons. The van der Waals surface area contributed by atoms with Crippen LogP contribution in [0.1, 0.15) is 12.0 Å². The first-order chi connectivity index (χ1) is 12.8. The lowest BCUT2D eigenvalue weighted by Crippen LogP contribution is -2.43. The van der Waals surface area contributed by atoms with Gasteiger partial charge in [-0.1, -0.05) is 6.07 Å². The van der Waals surface area contributed by atoms with Crippen LogP contribution in [0.3, 0.4) is 0 Å². The topological polar surface area (TPSA) is 38.1 Å². The van der Waals surface area contributed by atoms with Gasteiger partial charge in [0.05, 0.1) is 16.6 Å². The van der Waals surface area contributed by atoms with Gasteiger partial charge in [0.15, 0.2) is 0 Å². The molecule has 27 heavy (non-hydrogen) atoms. The molecule has 0 saturated carbocycles. The number of likely N-dealkylation sites (tertiary alicyclic amines) is 1. The molecule has 1 aliphatic heterocycles. The lowest BCUT2D eigenvalue weighted by atomic mass is 10.0. The molecule has 0 N–H and O–H groups in total. The van der Waals surface area contributed by atoms with Crippen molar-refractivity contribution in [2.75, 3.05) is 13.1 Å². The highest BCUT2D eigenvalue weighted by molar-refractivity contribution is 5.84. The Kier molecular flexibility index (Phi) is 4.13. The van der Waals surface area contributed by atoms with E-state index in [9.17, 15) is 22.4 Å². The Hall–Kier alpha value is -2.90. The standard InChI is InChI=1S/C19H15F4N3O/c20-15-3-2-12(8-14(15)19(21,22)23)13-9-17-16(24-10-13)4-7-26(17)11-18(27)25-5-1-6-25/h2-4,7-10H,1,5-6,11H2. The number of benzene rings is 1. The Labute approximate surface area is 152 Å². The third kappa shape index (κ3) is 3.27. The van der Waals surface area contributed by atoms with Crippen molar-refractivity contribution in [3.8, 4) is 11.1 Å². The molecule has 1 amide bonds. The van der Waals surface area contributed by atoms with Gasteiger partial charge in [-0.05, 0) is 36.2 Å². The number of carbonyl (C=O) groups is 1. The summed E-state index contributed by atoms with van der Waals surface area (Å²) >= 11 is 0. The fourth-order valence-corrected chi connectivity index (χ4v) is 3.09. The van der Waals surface area contributed by atoms with E-state index < -0.39 is 17.6 Å². The molecule has 1 aliphatic rings. The van der Waals surface area contributed by atoms with Crippen LogP contribution in [0.2, 0.25) is 0 Å². The average molecular weight is 377 g/mol. The molecule has 3 heterocycles. The van der Waals surface area contributed by atoms with E-state index in [0.717, 1.165) is 31.6 Å². The molecule has 4 rings (SSSR count). The Morgan fingerprint density at radius 2 is 1.89 bits per heavy atom. The highest BCUT2D eigenvalue weighted by Crippen LogP contribution is 2.34. The minimum absolute atomic E-state index is 0.00899. The molecule has 1 saturated heterocycles. The zero-order valence-corrected chi connectivity index (χ0v) is 14.1. The first kappa shape index (κ1) is 17.5. The quantitative estimate of drug-likeness (QED) is 0.645. The number of aromatic nitrogens is 2. The second kappa shape index (κ2) is 6.37. The molecule has 8 heteroatoms. The van der Waals surface area contributed by atoms with Gasteiger partial charge < -0.3 is 9.47 Å². The fourth-order valence-electron chi connectivity index (χ4n) is 3.09. The normalized spacial score (nSPS) is 14.4. The van der Waals surface area contributed by atoms with Gasteiger partial charge in [-0.15, -0.1) is 0 Å². The number of nitrogens with zero attached hydrogens (tertiary/aromatic N) is 3. The summed E-state index contributed by atoms with van der Waals surface area (Å²) in [7, 11) is 0. The second-order valence-corrected chi connectivity index (χ2v) is 6.50. The lowest BCUT2D eigenvalue weighted by Gasteiger charge is -2.31. The number of fused-ring (bicyclic) bond motifs is 1. The van der Waals surface area contributed by atoms with Crippen molar-refractivity contribution in [3.05, 3.63) is 54.1 Å². The highest BCUT2D eigenvalue weighted by atomic mass is 19.4. The molecule has 4 nitrogen and oxygen atoms in total. The summed E-state index contributed by atoms with van der Waals surface area (Å²) in [5.41, 5.74) is 0.584. The third-order valence-corrected chi connectivity index (χ3v) is 4.74. The molecule has 0 unspecified atom stereocenters. The molecule has 0 aliphatic carbocycles. The van der Waals surface area contributed by atoms with Gasteiger partial charge in [0.2, 0.25) is 5.91 Å². The van der Waals surface area contributed by atoms with Crippen LogP contribution in [0.5, 0.6) is 0 Å². The number of rotatable bonds is 3. The van der Waals surface area contributed by atoms with Crippen molar-refractivity contribution < 1.29 is 22.4 Å². The van der Waals surface area contributed by atoms with E-state index in [2.05, 4.69) is 4.98 Å². The van der Waals surface area contributed by atoms with E-state index >= 15 is 0 Å². The van der Waals surface area contributed by atoms with Crippen LogP contribution in [0.25, 0.3) is 22.2 Å². The Morgan fingerprint density at radius 3 is 2.56 bits per heavy atom. The maximum atomic E-state index is 13.5. The molecule has 3 aromatic rings. The Balaban J connectivity index is 1.71. The van der Waals surface area contributed by atoms with Gasteiger partial charge in [-0.25, -0.2) is 4.39 Å². The number of hydrogen-bond acceptors (Lipinski definition) is 2. The molecule has 1 fully saturated rings. The summed E-state index contributed by atoms with van der Waals surface area (Å²) in [5.74, 6) is -1.32. The van der Waals surface area contributed by atoms with Crippen LogP contribution in [-0.2, 0) is 17.5 Å². The number of amides is 1. The molecule has 2 aromatic heterocycles. The predicted molar refractivity (Wildman–Crippen MR) is 91.3 cm³/mol. The van der Waals surface area contributed by atoms with Crippen LogP contribution < -0.4 is 0 Å².